The molecule has 1 aliphatic rings. The van der Waals surface area contributed by atoms with E-state index in [9.17, 15) is 0 Å². The maximum absolute atomic E-state index is 5.44. The standard InChI is InChI=1S/C20H19N3O/c1-2-7-17(8-3-1)19(22-23-12-14-24-15-13-23)20-18-9-5-4-6-16(18)10-11-21-20/h1-11H,12-15H2. The van der Waals surface area contributed by atoms with Gasteiger partial charge in [0.15, 0.2) is 0 Å². The van der Waals surface area contributed by atoms with E-state index in [2.05, 4.69) is 34.3 Å². The minimum Gasteiger partial charge on any atom is -0.378 e. The molecule has 1 fully saturated rings. The van der Waals surface area contributed by atoms with Crippen molar-refractivity contribution in [2.24, 2.45) is 5.10 Å². The molecule has 0 atom stereocenters. The summed E-state index contributed by atoms with van der Waals surface area (Å²) in [7, 11) is 0. The van der Waals surface area contributed by atoms with E-state index < -0.39 is 0 Å². The minimum absolute atomic E-state index is 0.717. The van der Waals surface area contributed by atoms with E-state index in [-0.39, 0.29) is 0 Å². The van der Waals surface area contributed by atoms with E-state index in [0.29, 0.717) is 13.2 Å². The number of nitrogens with zero attached hydrogens (tertiary/aromatic N) is 3. The van der Waals surface area contributed by atoms with Gasteiger partial charge in [-0.15, -0.1) is 0 Å². The van der Waals surface area contributed by atoms with Crippen molar-refractivity contribution in [2.75, 3.05) is 26.3 Å². The molecular weight excluding hydrogens is 298 g/mol. The highest BCUT2D eigenvalue weighted by atomic mass is 16.5. The number of aromatic nitrogens is 1. The molecule has 4 rings (SSSR count). The van der Waals surface area contributed by atoms with Crippen molar-refractivity contribution >= 4 is 16.5 Å². The summed E-state index contributed by atoms with van der Waals surface area (Å²) < 4.78 is 5.44. The third-order valence-corrected chi connectivity index (χ3v) is 4.17. The van der Waals surface area contributed by atoms with Crippen LogP contribution in [0.15, 0.2) is 72.0 Å². The number of morpholine rings is 1. The predicted molar refractivity (Wildman–Crippen MR) is 96.2 cm³/mol. The fourth-order valence-corrected chi connectivity index (χ4v) is 2.94. The Kier molecular flexibility index (Phi) is 4.21. The molecule has 0 aliphatic carbocycles. The number of ether oxygens (including phenoxy) is 1. The summed E-state index contributed by atoms with van der Waals surface area (Å²) in [5, 5.41) is 9.31. The molecule has 2 heterocycles. The molecule has 2 aromatic carbocycles. The highest BCUT2D eigenvalue weighted by molar-refractivity contribution is 6.17. The van der Waals surface area contributed by atoms with Crippen molar-refractivity contribution in [1.29, 1.82) is 0 Å². The van der Waals surface area contributed by atoms with Gasteiger partial charge in [0.2, 0.25) is 0 Å². The van der Waals surface area contributed by atoms with Gasteiger partial charge in [-0.1, -0.05) is 54.6 Å². The van der Waals surface area contributed by atoms with Crippen molar-refractivity contribution < 1.29 is 4.74 Å². The van der Waals surface area contributed by atoms with Crippen LogP contribution >= 0.6 is 0 Å². The van der Waals surface area contributed by atoms with Gasteiger partial charge in [0.25, 0.3) is 0 Å². The Morgan fingerprint density at radius 2 is 1.67 bits per heavy atom. The Bertz CT molecular complexity index is 850. The average Bonchev–Trinajstić information content (AvgIpc) is 2.67. The van der Waals surface area contributed by atoms with Crippen molar-refractivity contribution in [3.05, 3.63) is 78.1 Å². The lowest BCUT2D eigenvalue weighted by atomic mass is 10.0. The summed E-state index contributed by atoms with van der Waals surface area (Å²) in [5.74, 6) is 0. The molecule has 4 heteroatoms. The minimum atomic E-state index is 0.717. The van der Waals surface area contributed by atoms with Gasteiger partial charge in [-0.05, 0) is 11.5 Å². The smallest absolute Gasteiger partial charge is 0.117 e. The maximum atomic E-state index is 5.44. The molecule has 0 amide bonds. The van der Waals surface area contributed by atoms with Gasteiger partial charge in [-0.2, -0.15) is 5.10 Å². The van der Waals surface area contributed by atoms with Crippen molar-refractivity contribution in [2.45, 2.75) is 0 Å². The van der Waals surface area contributed by atoms with Crippen molar-refractivity contribution in [3.63, 3.8) is 0 Å². The van der Waals surface area contributed by atoms with Gasteiger partial charge in [-0.3, -0.25) is 9.99 Å². The SMILES string of the molecule is c1ccc(C(=NN2CCOCC2)c2nccc3ccccc23)cc1. The number of pyridine rings is 1. The first kappa shape index (κ1) is 14.8. The lowest BCUT2D eigenvalue weighted by Gasteiger charge is -2.25. The number of rotatable bonds is 3. The Morgan fingerprint density at radius 1 is 0.917 bits per heavy atom. The molecule has 0 N–H and O–H groups in total. The predicted octanol–water partition coefficient (Wildman–Crippen LogP) is 3.32. The molecule has 1 saturated heterocycles. The fraction of sp³-hybridized carbons (Fsp3) is 0.200. The zero-order chi connectivity index (χ0) is 16.2. The summed E-state index contributed by atoms with van der Waals surface area (Å²) in [4.78, 5) is 4.66. The van der Waals surface area contributed by atoms with Crippen LogP contribution in [-0.2, 0) is 4.74 Å². The van der Waals surface area contributed by atoms with E-state index >= 15 is 0 Å². The Hall–Kier alpha value is -2.72. The third kappa shape index (κ3) is 3.01. The first-order chi connectivity index (χ1) is 11.9. The van der Waals surface area contributed by atoms with Crippen LogP contribution in [0, 0.1) is 0 Å². The molecule has 24 heavy (non-hydrogen) atoms. The van der Waals surface area contributed by atoms with Crippen LogP contribution in [0.3, 0.4) is 0 Å². The lowest BCUT2D eigenvalue weighted by molar-refractivity contribution is 0.0394. The number of hydrogen-bond donors (Lipinski definition) is 0. The monoisotopic (exact) mass is 317 g/mol. The zero-order valence-corrected chi connectivity index (χ0v) is 13.4. The van der Waals surface area contributed by atoms with Crippen LogP contribution in [0.1, 0.15) is 11.3 Å². The van der Waals surface area contributed by atoms with Crippen LogP contribution in [0.25, 0.3) is 10.8 Å². The second kappa shape index (κ2) is 6.81. The van der Waals surface area contributed by atoms with Gasteiger partial charge in [0, 0.05) is 17.1 Å². The molecule has 0 unspecified atom stereocenters. The molecule has 0 saturated carbocycles. The number of benzene rings is 2. The lowest BCUT2D eigenvalue weighted by Crippen LogP contribution is -2.33. The summed E-state index contributed by atoms with van der Waals surface area (Å²) >= 11 is 0. The molecule has 0 radical (unpaired) electrons. The number of fused-ring (bicyclic) bond motifs is 1. The fourth-order valence-electron chi connectivity index (χ4n) is 2.94. The van der Waals surface area contributed by atoms with Gasteiger partial charge in [-0.25, -0.2) is 0 Å². The van der Waals surface area contributed by atoms with Crippen LogP contribution in [0.2, 0.25) is 0 Å². The average molecular weight is 317 g/mol. The molecule has 1 aromatic heterocycles. The van der Waals surface area contributed by atoms with Gasteiger partial charge < -0.3 is 4.74 Å². The first-order valence-corrected chi connectivity index (χ1v) is 8.23. The van der Waals surface area contributed by atoms with Crippen molar-refractivity contribution in [1.82, 2.24) is 9.99 Å². The first-order valence-electron chi connectivity index (χ1n) is 8.23. The maximum Gasteiger partial charge on any atom is 0.117 e. The number of hydrazone groups is 1. The molecule has 4 nitrogen and oxygen atoms in total. The van der Waals surface area contributed by atoms with Crippen molar-refractivity contribution in [3.8, 4) is 0 Å². The van der Waals surface area contributed by atoms with Gasteiger partial charge in [0.1, 0.15) is 5.71 Å². The normalized spacial score (nSPS) is 15.7. The summed E-state index contributed by atoms with van der Waals surface area (Å²) in [6, 6.07) is 20.6. The zero-order valence-electron chi connectivity index (χ0n) is 13.4. The highest BCUT2D eigenvalue weighted by Crippen LogP contribution is 2.20. The summed E-state index contributed by atoms with van der Waals surface area (Å²) in [6.07, 6.45) is 1.86. The molecule has 0 spiro atoms. The molecule has 3 aromatic rings. The van der Waals surface area contributed by atoms with Crippen LogP contribution in [0.4, 0.5) is 0 Å². The van der Waals surface area contributed by atoms with E-state index in [1.807, 2.05) is 42.6 Å². The molecule has 1 aliphatic heterocycles. The van der Waals surface area contributed by atoms with Gasteiger partial charge in [0.05, 0.1) is 32.0 Å². The van der Waals surface area contributed by atoms with E-state index in [1.165, 1.54) is 5.39 Å². The highest BCUT2D eigenvalue weighted by Gasteiger charge is 2.15. The van der Waals surface area contributed by atoms with Crippen LogP contribution < -0.4 is 0 Å². The second-order valence-electron chi connectivity index (χ2n) is 5.76. The summed E-state index contributed by atoms with van der Waals surface area (Å²) in [6.45, 7) is 3.05. The van der Waals surface area contributed by atoms with E-state index in [1.54, 1.807) is 0 Å². The Morgan fingerprint density at radius 3 is 2.50 bits per heavy atom. The molecule has 120 valence electrons. The Labute approximate surface area is 141 Å². The largest absolute Gasteiger partial charge is 0.378 e. The van der Waals surface area contributed by atoms with E-state index in [4.69, 9.17) is 9.84 Å². The summed E-state index contributed by atoms with van der Waals surface area (Å²) in [5.41, 5.74) is 2.91. The third-order valence-electron chi connectivity index (χ3n) is 4.17. The molecular formula is C20H19N3O. The van der Waals surface area contributed by atoms with Crippen LogP contribution in [0.5, 0.6) is 0 Å². The number of hydrogen-bond acceptors (Lipinski definition) is 4. The second-order valence-corrected chi connectivity index (χ2v) is 5.76. The quantitative estimate of drug-likeness (QED) is 0.696. The topological polar surface area (TPSA) is 37.7 Å². The van der Waals surface area contributed by atoms with E-state index in [0.717, 1.165) is 35.4 Å². The van der Waals surface area contributed by atoms with Gasteiger partial charge >= 0.3 is 0 Å². The van der Waals surface area contributed by atoms with Crippen LogP contribution in [-0.4, -0.2) is 42.0 Å². The molecule has 0 bridgehead atoms. The Balaban J connectivity index is 1.87.